The lowest BCUT2D eigenvalue weighted by Gasteiger charge is -2.27. The SMILES string of the molecule is C=CCC(C)(O)CCCC(C)(O)CCC[CH-]C. The largest absolute Gasteiger partial charge is 0.390 e. The zero-order chi connectivity index (χ0) is 13.4. The van der Waals surface area contributed by atoms with Crippen LogP contribution in [0.1, 0.15) is 65.7 Å². The number of aliphatic hydroxyl groups is 2. The van der Waals surface area contributed by atoms with Crippen LogP contribution in [-0.4, -0.2) is 21.4 Å². The first-order chi connectivity index (χ1) is 7.83. The molecule has 0 saturated carbocycles. The van der Waals surface area contributed by atoms with Gasteiger partial charge in [-0.05, 0) is 46.0 Å². The predicted molar refractivity (Wildman–Crippen MR) is 73.7 cm³/mol. The van der Waals surface area contributed by atoms with E-state index in [1.807, 2.05) is 20.8 Å². The van der Waals surface area contributed by atoms with Gasteiger partial charge in [0, 0.05) is 0 Å². The monoisotopic (exact) mass is 241 g/mol. The van der Waals surface area contributed by atoms with Crippen LogP contribution in [0.4, 0.5) is 0 Å². The van der Waals surface area contributed by atoms with Gasteiger partial charge in [-0.15, -0.1) is 6.58 Å². The van der Waals surface area contributed by atoms with E-state index in [1.54, 1.807) is 6.08 Å². The van der Waals surface area contributed by atoms with Crippen LogP contribution in [0.5, 0.6) is 0 Å². The molecular weight excluding hydrogens is 212 g/mol. The number of rotatable bonds is 10. The van der Waals surface area contributed by atoms with Crippen molar-refractivity contribution in [1.82, 2.24) is 0 Å². The molecule has 2 N–H and O–H groups in total. The summed E-state index contributed by atoms with van der Waals surface area (Å²) in [5.74, 6) is 0. The van der Waals surface area contributed by atoms with Crippen LogP contribution in [0, 0.1) is 6.42 Å². The van der Waals surface area contributed by atoms with E-state index in [0.717, 1.165) is 38.5 Å². The third-order valence-electron chi connectivity index (χ3n) is 3.22. The minimum Gasteiger partial charge on any atom is -0.390 e. The van der Waals surface area contributed by atoms with Gasteiger partial charge in [0.1, 0.15) is 0 Å². The third-order valence-corrected chi connectivity index (χ3v) is 3.22. The zero-order valence-electron chi connectivity index (χ0n) is 11.7. The van der Waals surface area contributed by atoms with Crippen molar-refractivity contribution in [3.63, 3.8) is 0 Å². The summed E-state index contributed by atoms with van der Waals surface area (Å²) in [5, 5.41) is 20.1. The van der Waals surface area contributed by atoms with Crippen LogP contribution in [0.15, 0.2) is 12.7 Å². The highest BCUT2D eigenvalue weighted by molar-refractivity contribution is 4.83. The van der Waals surface area contributed by atoms with Crippen LogP contribution >= 0.6 is 0 Å². The average Bonchev–Trinajstić information content (AvgIpc) is 2.16. The Labute approximate surface area is 107 Å². The second kappa shape index (κ2) is 7.88. The Morgan fingerprint density at radius 2 is 1.59 bits per heavy atom. The van der Waals surface area contributed by atoms with Gasteiger partial charge in [0.15, 0.2) is 0 Å². The molecule has 0 fully saturated rings. The smallest absolute Gasteiger partial charge is 0.0654 e. The van der Waals surface area contributed by atoms with E-state index >= 15 is 0 Å². The molecule has 102 valence electrons. The van der Waals surface area contributed by atoms with Gasteiger partial charge in [-0.3, -0.25) is 0 Å². The van der Waals surface area contributed by atoms with Gasteiger partial charge in [-0.1, -0.05) is 12.5 Å². The molecule has 0 aliphatic carbocycles. The zero-order valence-corrected chi connectivity index (χ0v) is 11.7. The quantitative estimate of drug-likeness (QED) is 0.348. The van der Waals surface area contributed by atoms with E-state index in [0.29, 0.717) is 6.42 Å². The molecule has 0 rings (SSSR count). The first kappa shape index (κ1) is 16.7. The molecule has 2 unspecified atom stereocenters. The third kappa shape index (κ3) is 9.37. The van der Waals surface area contributed by atoms with Crippen molar-refractivity contribution in [2.75, 3.05) is 0 Å². The van der Waals surface area contributed by atoms with Gasteiger partial charge in [0.05, 0.1) is 11.2 Å². The molecule has 0 heterocycles. The number of unbranched alkanes of at least 4 members (excludes halogenated alkanes) is 2. The van der Waals surface area contributed by atoms with Crippen molar-refractivity contribution in [3.05, 3.63) is 19.1 Å². The molecule has 2 atom stereocenters. The van der Waals surface area contributed by atoms with E-state index < -0.39 is 11.2 Å². The first-order valence-corrected chi connectivity index (χ1v) is 6.66. The Kier molecular flexibility index (Phi) is 7.73. The fourth-order valence-corrected chi connectivity index (χ4v) is 2.08. The molecule has 0 aromatic rings. The molecule has 0 aromatic carbocycles. The van der Waals surface area contributed by atoms with Gasteiger partial charge in [-0.2, -0.15) is 13.3 Å². The predicted octanol–water partition coefficient (Wildman–Crippen LogP) is 3.63. The Bertz CT molecular complexity index is 207. The lowest BCUT2D eigenvalue weighted by molar-refractivity contribution is 0.0174. The number of hydrogen-bond acceptors (Lipinski definition) is 2. The van der Waals surface area contributed by atoms with E-state index in [9.17, 15) is 10.2 Å². The summed E-state index contributed by atoms with van der Waals surface area (Å²) in [6.45, 7) is 9.41. The average molecular weight is 241 g/mol. The van der Waals surface area contributed by atoms with Crippen LogP contribution in [0.25, 0.3) is 0 Å². The fraction of sp³-hybridized carbons (Fsp3) is 0.800. The highest BCUT2D eigenvalue weighted by Gasteiger charge is 2.22. The minimum atomic E-state index is -0.672. The van der Waals surface area contributed by atoms with Crippen molar-refractivity contribution in [1.29, 1.82) is 0 Å². The Hall–Kier alpha value is -0.340. The van der Waals surface area contributed by atoms with Gasteiger partial charge in [0.2, 0.25) is 0 Å². The minimum absolute atomic E-state index is 0.590. The normalized spacial score (nSPS) is 18.4. The summed E-state index contributed by atoms with van der Waals surface area (Å²) in [5.41, 5.74) is -1.26. The van der Waals surface area contributed by atoms with Gasteiger partial charge >= 0.3 is 0 Å². The topological polar surface area (TPSA) is 40.5 Å². The summed E-state index contributed by atoms with van der Waals surface area (Å²) in [6, 6.07) is 0. The summed E-state index contributed by atoms with van der Waals surface area (Å²) in [4.78, 5) is 0. The van der Waals surface area contributed by atoms with Crippen molar-refractivity contribution >= 4 is 0 Å². The molecule has 0 radical (unpaired) electrons. The lowest BCUT2D eigenvalue weighted by Crippen LogP contribution is -2.27. The molecule has 0 aromatic heterocycles. The molecule has 0 spiro atoms. The van der Waals surface area contributed by atoms with E-state index in [4.69, 9.17) is 0 Å². The standard InChI is InChI=1S/C15H29O2/c1-5-7-8-11-15(4,17)13-9-12-14(3,16)10-6-2/h5-6,16-17H,2,7-13H2,1,3-4H3/q-1. The van der Waals surface area contributed by atoms with E-state index in [1.165, 1.54) is 0 Å². The summed E-state index contributed by atoms with van der Waals surface area (Å²) >= 11 is 0. The Morgan fingerprint density at radius 3 is 2.12 bits per heavy atom. The van der Waals surface area contributed by atoms with Crippen LogP contribution in [0.2, 0.25) is 0 Å². The molecular formula is C15H29O2-. The van der Waals surface area contributed by atoms with E-state index in [2.05, 4.69) is 13.0 Å². The molecule has 0 aliphatic rings. The molecule has 0 aliphatic heterocycles. The molecule has 0 amide bonds. The van der Waals surface area contributed by atoms with Crippen LogP contribution in [0.3, 0.4) is 0 Å². The van der Waals surface area contributed by atoms with Crippen molar-refractivity contribution in [2.24, 2.45) is 0 Å². The van der Waals surface area contributed by atoms with Crippen LogP contribution < -0.4 is 0 Å². The first-order valence-electron chi connectivity index (χ1n) is 6.66. The van der Waals surface area contributed by atoms with Gasteiger partial charge in [0.25, 0.3) is 0 Å². The molecule has 0 saturated heterocycles. The van der Waals surface area contributed by atoms with Crippen molar-refractivity contribution in [3.8, 4) is 0 Å². The highest BCUT2D eigenvalue weighted by atomic mass is 16.3. The van der Waals surface area contributed by atoms with Gasteiger partial charge < -0.3 is 16.6 Å². The summed E-state index contributed by atoms with van der Waals surface area (Å²) < 4.78 is 0. The second-order valence-corrected chi connectivity index (χ2v) is 5.64. The molecule has 17 heavy (non-hydrogen) atoms. The maximum atomic E-state index is 10.2. The van der Waals surface area contributed by atoms with Crippen LogP contribution in [-0.2, 0) is 0 Å². The molecule has 2 nitrogen and oxygen atoms in total. The van der Waals surface area contributed by atoms with Crippen molar-refractivity contribution in [2.45, 2.75) is 76.9 Å². The fourth-order valence-electron chi connectivity index (χ4n) is 2.08. The Balaban J connectivity index is 3.81. The van der Waals surface area contributed by atoms with Gasteiger partial charge in [-0.25, -0.2) is 0 Å². The summed E-state index contributed by atoms with van der Waals surface area (Å²) in [7, 11) is 0. The maximum absolute atomic E-state index is 10.2. The summed E-state index contributed by atoms with van der Waals surface area (Å²) in [6.07, 6.45) is 9.74. The number of hydrogen-bond donors (Lipinski definition) is 2. The highest BCUT2D eigenvalue weighted by Crippen LogP contribution is 2.25. The molecule has 0 bridgehead atoms. The maximum Gasteiger partial charge on any atom is 0.0654 e. The van der Waals surface area contributed by atoms with E-state index in [-0.39, 0.29) is 0 Å². The Morgan fingerprint density at radius 1 is 1.06 bits per heavy atom. The lowest BCUT2D eigenvalue weighted by atomic mass is 9.88. The molecule has 2 heteroatoms. The van der Waals surface area contributed by atoms with Crippen molar-refractivity contribution < 1.29 is 10.2 Å². The second-order valence-electron chi connectivity index (χ2n) is 5.64.